The van der Waals surface area contributed by atoms with E-state index in [9.17, 15) is 0 Å². The predicted molar refractivity (Wildman–Crippen MR) is 80.7 cm³/mol. The molecule has 1 aliphatic heterocycles. The maximum absolute atomic E-state index is 4.87. The van der Waals surface area contributed by atoms with Crippen LogP contribution >= 0.6 is 0 Å². The Kier molecular flexibility index (Phi) is 4.42. The number of amidine groups is 1. The van der Waals surface area contributed by atoms with E-state index in [4.69, 9.17) is 4.99 Å². The van der Waals surface area contributed by atoms with Crippen molar-refractivity contribution in [3.63, 3.8) is 0 Å². The van der Waals surface area contributed by atoms with Crippen LogP contribution in [0.15, 0.2) is 4.99 Å². The summed E-state index contributed by atoms with van der Waals surface area (Å²) in [5.41, 5.74) is 0.211. The topological polar surface area (TPSA) is 36.4 Å². The Bertz CT molecular complexity index is 310. The van der Waals surface area contributed by atoms with Crippen LogP contribution in [-0.4, -0.2) is 30.5 Å². The molecule has 0 atom stereocenters. The zero-order valence-corrected chi connectivity index (χ0v) is 12.2. The van der Waals surface area contributed by atoms with Crippen LogP contribution in [0.2, 0.25) is 0 Å². The molecular formula is C16H29N3. The monoisotopic (exact) mass is 263 g/mol. The molecule has 3 rings (SSSR count). The predicted octanol–water partition coefficient (Wildman–Crippen LogP) is 3.00. The molecule has 0 amide bonds. The zero-order valence-electron chi connectivity index (χ0n) is 12.2. The normalized spacial score (nSPS) is 28.7. The van der Waals surface area contributed by atoms with Crippen molar-refractivity contribution in [2.24, 2.45) is 4.99 Å². The van der Waals surface area contributed by atoms with E-state index in [1.165, 1.54) is 76.5 Å². The molecule has 0 bridgehead atoms. The van der Waals surface area contributed by atoms with E-state index in [0.717, 1.165) is 13.1 Å². The Morgan fingerprint density at radius 1 is 0.947 bits per heavy atom. The average Bonchev–Trinajstić information content (AvgIpc) is 2.71. The molecule has 2 N–H and O–H groups in total. The highest BCUT2D eigenvalue weighted by atomic mass is 15.2. The van der Waals surface area contributed by atoms with Crippen molar-refractivity contribution in [3.05, 3.63) is 0 Å². The van der Waals surface area contributed by atoms with Gasteiger partial charge in [0, 0.05) is 12.6 Å². The number of hydrogen-bond donors (Lipinski definition) is 2. The molecule has 1 spiro atoms. The number of aliphatic imine (C=N–C) groups is 1. The molecule has 2 aliphatic carbocycles. The van der Waals surface area contributed by atoms with Gasteiger partial charge < -0.3 is 10.6 Å². The summed E-state index contributed by atoms with van der Waals surface area (Å²) in [5, 5.41) is 7.64. The molecule has 0 radical (unpaired) electrons. The van der Waals surface area contributed by atoms with Gasteiger partial charge in [-0.15, -0.1) is 0 Å². The third kappa shape index (κ3) is 3.13. The largest absolute Gasteiger partial charge is 0.370 e. The van der Waals surface area contributed by atoms with Gasteiger partial charge in [0.15, 0.2) is 0 Å². The molecule has 0 saturated heterocycles. The van der Waals surface area contributed by atoms with Crippen LogP contribution in [-0.2, 0) is 0 Å². The van der Waals surface area contributed by atoms with Gasteiger partial charge in [0.2, 0.25) is 0 Å². The van der Waals surface area contributed by atoms with Gasteiger partial charge >= 0.3 is 0 Å². The van der Waals surface area contributed by atoms with Crippen molar-refractivity contribution in [2.75, 3.05) is 13.1 Å². The molecule has 108 valence electrons. The lowest BCUT2D eigenvalue weighted by atomic mass is 9.79. The molecule has 0 unspecified atom stereocenters. The highest BCUT2D eigenvalue weighted by Gasteiger charge is 2.39. The van der Waals surface area contributed by atoms with E-state index >= 15 is 0 Å². The molecule has 0 aromatic heterocycles. The van der Waals surface area contributed by atoms with Crippen LogP contribution in [0.3, 0.4) is 0 Å². The number of nitrogens with zero attached hydrogens (tertiary/aromatic N) is 1. The number of nitrogens with one attached hydrogen (secondary N) is 2. The molecule has 2 saturated carbocycles. The Balaban J connectivity index is 1.67. The van der Waals surface area contributed by atoms with E-state index in [0.29, 0.717) is 6.04 Å². The maximum atomic E-state index is 4.87. The first-order valence-corrected chi connectivity index (χ1v) is 8.46. The standard InChI is InChI=1S/C16H29N3/c1-2-5-9-14(8-4-1)19-15-16(18-13-12-17-15)10-6-3-7-11-16/h14,18H,1-13H2,(H,17,19). The first-order chi connectivity index (χ1) is 9.39. The Hall–Kier alpha value is -0.570. The zero-order chi connectivity index (χ0) is 13.0. The van der Waals surface area contributed by atoms with Crippen LogP contribution in [0.1, 0.15) is 70.6 Å². The Morgan fingerprint density at radius 3 is 2.37 bits per heavy atom. The summed E-state index contributed by atoms with van der Waals surface area (Å²) in [6.45, 7) is 2.02. The third-order valence-corrected chi connectivity index (χ3v) is 5.20. The van der Waals surface area contributed by atoms with Crippen LogP contribution in [0.4, 0.5) is 0 Å². The summed E-state index contributed by atoms with van der Waals surface area (Å²) in [7, 11) is 0. The highest BCUT2D eigenvalue weighted by Crippen LogP contribution is 2.31. The summed E-state index contributed by atoms with van der Waals surface area (Å²) in [6.07, 6.45) is 15.0. The van der Waals surface area contributed by atoms with Gasteiger partial charge in [-0.3, -0.25) is 4.99 Å². The van der Waals surface area contributed by atoms with Gasteiger partial charge in [-0.1, -0.05) is 44.9 Å². The number of hydrogen-bond acceptors (Lipinski definition) is 3. The van der Waals surface area contributed by atoms with Crippen LogP contribution in [0.25, 0.3) is 0 Å². The van der Waals surface area contributed by atoms with E-state index in [1.807, 2.05) is 0 Å². The van der Waals surface area contributed by atoms with Crippen molar-refractivity contribution in [1.82, 2.24) is 10.6 Å². The minimum absolute atomic E-state index is 0.211. The highest BCUT2D eigenvalue weighted by molar-refractivity contribution is 5.92. The summed E-state index contributed by atoms with van der Waals surface area (Å²) < 4.78 is 0. The first-order valence-electron chi connectivity index (χ1n) is 8.46. The first kappa shape index (κ1) is 13.4. The van der Waals surface area contributed by atoms with Crippen LogP contribution in [0.5, 0.6) is 0 Å². The second-order valence-corrected chi connectivity index (χ2v) is 6.63. The molecule has 3 heteroatoms. The Morgan fingerprint density at radius 2 is 1.63 bits per heavy atom. The molecule has 0 aromatic carbocycles. The second-order valence-electron chi connectivity index (χ2n) is 6.63. The maximum Gasteiger partial charge on any atom is 0.117 e. The SMILES string of the molecule is C1CCCC(NC2=NCCNC23CCCCC3)CC1. The molecule has 1 heterocycles. The van der Waals surface area contributed by atoms with Crippen molar-refractivity contribution < 1.29 is 0 Å². The van der Waals surface area contributed by atoms with Gasteiger partial charge in [0.05, 0.1) is 12.1 Å². The van der Waals surface area contributed by atoms with E-state index in [-0.39, 0.29) is 5.54 Å². The van der Waals surface area contributed by atoms with Crippen molar-refractivity contribution in [2.45, 2.75) is 82.2 Å². The second kappa shape index (κ2) is 6.25. The average molecular weight is 263 g/mol. The minimum atomic E-state index is 0.211. The van der Waals surface area contributed by atoms with Gasteiger partial charge in [0.25, 0.3) is 0 Å². The van der Waals surface area contributed by atoms with Gasteiger partial charge in [-0.2, -0.15) is 0 Å². The van der Waals surface area contributed by atoms with Crippen LogP contribution < -0.4 is 10.6 Å². The summed E-state index contributed by atoms with van der Waals surface area (Å²) in [5.74, 6) is 1.31. The van der Waals surface area contributed by atoms with E-state index in [1.54, 1.807) is 0 Å². The molecule has 2 fully saturated rings. The van der Waals surface area contributed by atoms with Gasteiger partial charge in [0.1, 0.15) is 5.84 Å². The molecular weight excluding hydrogens is 234 g/mol. The summed E-state index contributed by atoms with van der Waals surface area (Å²) in [6, 6.07) is 0.681. The smallest absolute Gasteiger partial charge is 0.117 e. The van der Waals surface area contributed by atoms with Gasteiger partial charge in [-0.05, 0) is 25.7 Å². The summed E-state index contributed by atoms with van der Waals surface area (Å²) >= 11 is 0. The third-order valence-electron chi connectivity index (χ3n) is 5.20. The van der Waals surface area contributed by atoms with E-state index in [2.05, 4.69) is 10.6 Å². The van der Waals surface area contributed by atoms with E-state index < -0.39 is 0 Å². The fraction of sp³-hybridized carbons (Fsp3) is 0.938. The lowest BCUT2D eigenvalue weighted by molar-refractivity contribution is 0.294. The van der Waals surface area contributed by atoms with Crippen LogP contribution in [0, 0.1) is 0 Å². The lowest BCUT2D eigenvalue weighted by Gasteiger charge is -2.43. The Labute approximate surface area is 117 Å². The molecule has 3 nitrogen and oxygen atoms in total. The molecule has 3 aliphatic rings. The van der Waals surface area contributed by atoms with Gasteiger partial charge in [-0.25, -0.2) is 0 Å². The fourth-order valence-corrected chi connectivity index (χ4v) is 4.07. The van der Waals surface area contributed by atoms with Crippen molar-refractivity contribution in [1.29, 1.82) is 0 Å². The minimum Gasteiger partial charge on any atom is -0.370 e. The fourth-order valence-electron chi connectivity index (χ4n) is 4.07. The van der Waals surface area contributed by atoms with Crippen molar-refractivity contribution in [3.8, 4) is 0 Å². The lowest BCUT2D eigenvalue weighted by Crippen LogP contribution is -2.62. The molecule has 0 aromatic rings. The number of rotatable bonds is 1. The summed E-state index contributed by atoms with van der Waals surface area (Å²) in [4.78, 5) is 4.87. The molecule has 19 heavy (non-hydrogen) atoms. The van der Waals surface area contributed by atoms with Crippen molar-refractivity contribution >= 4 is 5.84 Å². The quantitative estimate of drug-likeness (QED) is 0.714.